The van der Waals surface area contributed by atoms with E-state index < -0.39 is 34.6 Å². The largest absolute Gasteiger partial charge is 0.465 e. The summed E-state index contributed by atoms with van der Waals surface area (Å²) in [5, 5.41) is 0. The lowest BCUT2D eigenvalue weighted by Gasteiger charge is -2.66. The normalized spacial score (nSPS) is 45.4. The molecule has 2 heterocycles. The van der Waals surface area contributed by atoms with E-state index in [0.717, 1.165) is 19.3 Å². The second-order valence-corrected chi connectivity index (χ2v) is 13.5. The number of hydrogen-bond acceptors (Lipinski definition) is 8. The van der Waals surface area contributed by atoms with E-state index >= 15 is 0 Å². The average Bonchev–Trinajstić information content (AvgIpc) is 3.35. The van der Waals surface area contributed by atoms with E-state index in [9.17, 15) is 19.2 Å². The van der Waals surface area contributed by atoms with Gasteiger partial charge >= 0.3 is 23.9 Å². The van der Waals surface area contributed by atoms with Crippen molar-refractivity contribution in [2.45, 2.75) is 105 Å². The molecule has 3 aliphatic carbocycles. The van der Waals surface area contributed by atoms with Gasteiger partial charge in [0.2, 0.25) is 0 Å². The molecule has 4 fully saturated rings. The Kier molecular flexibility index (Phi) is 6.31. The van der Waals surface area contributed by atoms with Crippen molar-refractivity contribution in [3.05, 3.63) is 11.6 Å². The molecule has 0 aromatic rings. The highest BCUT2D eigenvalue weighted by Gasteiger charge is 2.71. The van der Waals surface area contributed by atoms with Gasteiger partial charge in [-0.3, -0.25) is 19.2 Å². The summed E-state index contributed by atoms with van der Waals surface area (Å²) in [7, 11) is 0. The van der Waals surface area contributed by atoms with Crippen LogP contribution in [0.2, 0.25) is 0 Å². The number of rotatable bonds is 3. The third-order valence-corrected chi connectivity index (χ3v) is 11.2. The number of cyclic esters (lactones) is 2. The Labute approximate surface area is 225 Å². The minimum Gasteiger partial charge on any atom is -0.465 e. The quantitative estimate of drug-likeness (QED) is 0.298. The molecule has 0 amide bonds. The Morgan fingerprint density at radius 3 is 2.18 bits per heavy atom. The van der Waals surface area contributed by atoms with Crippen LogP contribution in [0.3, 0.4) is 0 Å². The maximum absolute atomic E-state index is 13.0. The highest BCUT2D eigenvalue weighted by atomic mass is 16.6. The number of carbonyl (C=O) groups is 4. The summed E-state index contributed by atoms with van der Waals surface area (Å²) in [6, 6.07) is 0. The van der Waals surface area contributed by atoms with E-state index in [2.05, 4.69) is 26.8 Å². The molecule has 0 N–H and O–H groups in total. The first kappa shape index (κ1) is 27.2. The topological polar surface area (TPSA) is 105 Å². The number of allylic oxidation sites excluding steroid dienone is 1. The molecular weight excluding hydrogens is 488 g/mol. The van der Waals surface area contributed by atoms with Crippen molar-refractivity contribution in [1.29, 1.82) is 0 Å². The Balaban J connectivity index is 1.64. The number of esters is 4. The van der Waals surface area contributed by atoms with E-state index in [1.165, 1.54) is 19.4 Å². The van der Waals surface area contributed by atoms with Gasteiger partial charge in [0.05, 0.1) is 19.4 Å². The van der Waals surface area contributed by atoms with Crippen LogP contribution in [0.1, 0.15) is 87.0 Å². The molecule has 2 saturated heterocycles. The highest BCUT2D eigenvalue weighted by Crippen LogP contribution is 2.72. The van der Waals surface area contributed by atoms with Crippen molar-refractivity contribution < 1.29 is 38.1 Å². The van der Waals surface area contributed by atoms with Gasteiger partial charge in [0.25, 0.3) is 0 Å². The van der Waals surface area contributed by atoms with Gasteiger partial charge in [-0.2, -0.15) is 0 Å². The van der Waals surface area contributed by atoms with Gasteiger partial charge in [-0.05, 0) is 56.8 Å². The third-order valence-electron chi connectivity index (χ3n) is 11.2. The van der Waals surface area contributed by atoms with Gasteiger partial charge in [0.1, 0.15) is 17.8 Å². The van der Waals surface area contributed by atoms with Crippen LogP contribution in [0, 0.1) is 39.9 Å². The summed E-state index contributed by atoms with van der Waals surface area (Å²) >= 11 is 0. The molecule has 5 aliphatic rings. The molecule has 38 heavy (non-hydrogen) atoms. The maximum Gasteiger partial charge on any atom is 0.310 e. The van der Waals surface area contributed by atoms with E-state index in [-0.39, 0.29) is 53.4 Å². The van der Waals surface area contributed by atoms with Gasteiger partial charge in [-0.1, -0.05) is 32.4 Å². The first-order chi connectivity index (χ1) is 17.6. The standard InChI is InChI=1S/C30H42O8/c1-16(31)36-23-13-22-27(3,4)38-26(34)14-24(37-17(2)32)30(22,7)21-10-11-28(5)19(18-12-25(33)35-15-18)8-9-20(28)29(21,23)6/h9,18-19,21-24H,8,10-15H2,1-7H3/t18?,19-,21?,22?,23+,24-,28-,29-,30+/m0/s1. The SMILES string of the molecule is CC(=O)O[C@H]1CC(=O)OC(C)(C)C2C[C@@H](OC(C)=O)[C@@]3(C)C4=CC[C@@H](C5COC(=O)C5)[C@]4(C)CCC3[C@]21C. The molecular formula is C30H42O8. The minimum absolute atomic E-state index is 0.00128. The molecule has 8 nitrogen and oxygen atoms in total. The van der Waals surface area contributed by atoms with Crippen molar-refractivity contribution in [2.24, 2.45) is 39.9 Å². The molecule has 2 aliphatic heterocycles. The molecule has 2 saturated carbocycles. The summed E-state index contributed by atoms with van der Waals surface area (Å²) < 4.78 is 23.5. The fraction of sp³-hybridized carbons (Fsp3) is 0.800. The number of hydrogen-bond donors (Lipinski definition) is 0. The molecule has 0 spiro atoms. The van der Waals surface area contributed by atoms with Crippen molar-refractivity contribution in [3.8, 4) is 0 Å². The van der Waals surface area contributed by atoms with Crippen LogP contribution in [0.15, 0.2) is 11.6 Å². The summed E-state index contributed by atoms with van der Waals surface area (Å²) in [6.07, 6.45) is 4.74. The molecule has 0 aromatic heterocycles. The summed E-state index contributed by atoms with van der Waals surface area (Å²) in [4.78, 5) is 49.8. The first-order valence-electron chi connectivity index (χ1n) is 14.1. The predicted octanol–water partition coefficient (Wildman–Crippen LogP) is 4.53. The van der Waals surface area contributed by atoms with Gasteiger partial charge in [0, 0.05) is 36.5 Å². The third kappa shape index (κ3) is 3.83. The van der Waals surface area contributed by atoms with Crippen LogP contribution in [-0.2, 0) is 38.1 Å². The molecule has 5 rings (SSSR count). The molecule has 3 unspecified atom stereocenters. The fourth-order valence-corrected chi connectivity index (χ4v) is 9.84. The van der Waals surface area contributed by atoms with Crippen molar-refractivity contribution in [3.63, 3.8) is 0 Å². The van der Waals surface area contributed by atoms with E-state index in [1.54, 1.807) is 0 Å². The van der Waals surface area contributed by atoms with Crippen molar-refractivity contribution in [1.82, 2.24) is 0 Å². The zero-order valence-electron chi connectivity index (χ0n) is 23.8. The Morgan fingerprint density at radius 1 is 0.921 bits per heavy atom. The second-order valence-electron chi connectivity index (χ2n) is 13.5. The second kappa shape index (κ2) is 8.82. The monoisotopic (exact) mass is 530 g/mol. The Morgan fingerprint density at radius 2 is 1.58 bits per heavy atom. The lowest BCUT2D eigenvalue weighted by atomic mass is 9.39. The molecule has 0 aromatic carbocycles. The lowest BCUT2D eigenvalue weighted by molar-refractivity contribution is -0.227. The lowest BCUT2D eigenvalue weighted by Crippen LogP contribution is -2.67. The minimum atomic E-state index is -0.838. The van der Waals surface area contributed by atoms with Crippen LogP contribution in [0.5, 0.6) is 0 Å². The smallest absolute Gasteiger partial charge is 0.310 e. The van der Waals surface area contributed by atoms with Crippen molar-refractivity contribution in [2.75, 3.05) is 6.61 Å². The Hall–Kier alpha value is -2.38. The summed E-state index contributed by atoms with van der Waals surface area (Å²) in [5.74, 6) is -1.07. The molecule has 8 heteroatoms. The molecule has 0 radical (unpaired) electrons. The van der Waals surface area contributed by atoms with Crippen molar-refractivity contribution >= 4 is 23.9 Å². The van der Waals surface area contributed by atoms with E-state index in [4.69, 9.17) is 18.9 Å². The summed E-state index contributed by atoms with van der Waals surface area (Å²) in [6.45, 7) is 13.8. The Bertz CT molecular complexity index is 1090. The van der Waals surface area contributed by atoms with Crippen LogP contribution in [0.25, 0.3) is 0 Å². The molecule has 210 valence electrons. The van der Waals surface area contributed by atoms with Crippen LogP contribution < -0.4 is 0 Å². The van der Waals surface area contributed by atoms with Gasteiger partial charge in [-0.25, -0.2) is 0 Å². The highest BCUT2D eigenvalue weighted by molar-refractivity contribution is 5.73. The fourth-order valence-electron chi connectivity index (χ4n) is 9.84. The maximum atomic E-state index is 13.0. The zero-order chi connectivity index (χ0) is 27.8. The average molecular weight is 531 g/mol. The zero-order valence-corrected chi connectivity index (χ0v) is 23.8. The molecule has 9 atom stereocenters. The van der Waals surface area contributed by atoms with Gasteiger partial charge in [-0.15, -0.1) is 0 Å². The van der Waals surface area contributed by atoms with E-state index in [0.29, 0.717) is 19.4 Å². The van der Waals surface area contributed by atoms with E-state index in [1.807, 2.05) is 13.8 Å². The summed E-state index contributed by atoms with van der Waals surface area (Å²) in [5.41, 5.74) is -0.874. The van der Waals surface area contributed by atoms with Crippen LogP contribution >= 0.6 is 0 Å². The predicted molar refractivity (Wildman–Crippen MR) is 136 cm³/mol. The number of carbonyl (C=O) groups excluding carboxylic acids is 4. The first-order valence-corrected chi connectivity index (χ1v) is 14.1. The van der Waals surface area contributed by atoms with Crippen LogP contribution in [0.4, 0.5) is 0 Å². The number of ether oxygens (including phenoxy) is 4. The van der Waals surface area contributed by atoms with Crippen LogP contribution in [-0.4, -0.2) is 48.3 Å². The van der Waals surface area contributed by atoms with Gasteiger partial charge in [0.15, 0.2) is 0 Å². The molecule has 0 bridgehead atoms. The van der Waals surface area contributed by atoms with Gasteiger partial charge < -0.3 is 18.9 Å². The number of fused-ring (bicyclic) bond motifs is 5.